The number of rotatable bonds is 8. The number of benzene rings is 1. The molecule has 146 valence electrons. The van der Waals surface area contributed by atoms with Crippen molar-refractivity contribution in [2.75, 3.05) is 20.2 Å². The Balaban J connectivity index is 2.10. The van der Waals surface area contributed by atoms with Gasteiger partial charge < -0.3 is 15.2 Å². The Morgan fingerprint density at radius 3 is 2.73 bits per heavy atom. The Morgan fingerprint density at radius 2 is 2.12 bits per heavy atom. The van der Waals surface area contributed by atoms with Gasteiger partial charge in [-0.3, -0.25) is 0 Å². The molecule has 0 aliphatic carbocycles. The number of nitrogens with zero attached hydrogens (tertiary/aromatic N) is 1. The van der Waals surface area contributed by atoms with E-state index in [1.54, 1.807) is 26.1 Å². The first-order chi connectivity index (χ1) is 12.2. The van der Waals surface area contributed by atoms with Gasteiger partial charge in [-0.05, 0) is 43.0 Å². The van der Waals surface area contributed by atoms with Crippen molar-refractivity contribution in [3.8, 4) is 5.75 Å². The summed E-state index contributed by atoms with van der Waals surface area (Å²) >= 11 is 0. The molecular formula is C18H28N2O5S. The highest BCUT2D eigenvalue weighted by molar-refractivity contribution is 7.89. The van der Waals surface area contributed by atoms with Crippen LogP contribution in [0.3, 0.4) is 0 Å². The molecule has 2 unspecified atom stereocenters. The Morgan fingerprint density at radius 1 is 1.42 bits per heavy atom. The number of carbonyl (C=O) groups is 1. The van der Waals surface area contributed by atoms with E-state index in [0.717, 1.165) is 0 Å². The largest absolute Gasteiger partial charge is 0.478 e. The number of hydrogen-bond acceptors (Lipinski definition) is 6. The highest BCUT2D eigenvalue weighted by atomic mass is 32.2. The molecular weight excluding hydrogens is 356 g/mol. The zero-order chi connectivity index (χ0) is 19.5. The van der Waals surface area contributed by atoms with Gasteiger partial charge in [-0.25, -0.2) is 17.5 Å². The van der Waals surface area contributed by atoms with E-state index in [2.05, 4.69) is 0 Å². The standard InChI is InChI=1S/C18H28N2O5S/c1-5-24-18(21)17-11-13-10-14(6-7-16(13)25-17)26(22,23)20(4)9-8-15(19)12(2)3/h6-7,10,12,15,17H,5,8-9,11,19H2,1-4H3. The lowest BCUT2D eigenvalue weighted by atomic mass is 10.0. The molecule has 0 aromatic heterocycles. The number of esters is 1. The molecule has 0 radical (unpaired) electrons. The number of ether oxygens (including phenoxy) is 2. The average Bonchev–Trinajstić information content (AvgIpc) is 3.02. The molecule has 1 aliphatic rings. The summed E-state index contributed by atoms with van der Waals surface area (Å²) in [6.45, 7) is 6.38. The summed E-state index contributed by atoms with van der Waals surface area (Å²) in [7, 11) is -2.07. The molecule has 1 aliphatic heterocycles. The lowest BCUT2D eigenvalue weighted by Crippen LogP contribution is -2.34. The fourth-order valence-electron chi connectivity index (χ4n) is 2.72. The van der Waals surface area contributed by atoms with Gasteiger partial charge in [0, 0.05) is 26.1 Å². The molecule has 0 bridgehead atoms. The van der Waals surface area contributed by atoms with Gasteiger partial charge in [0.1, 0.15) is 5.75 Å². The van der Waals surface area contributed by atoms with Gasteiger partial charge in [-0.15, -0.1) is 0 Å². The first-order valence-electron chi connectivity index (χ1n) is 8.85. The monoisotopic (exact) mass is 384 g/mol. The van der Waals surface area contributed by atoms with Gasteiger partial charge in [-0.2, -0.15) is 0 Å². The topological polar surface area (TPSA) is 98.9 Å². The summed E-state index contributed by atoms with van der Waals surface area (Å²) in [6, 6.07) is 4.62. The second kappa shape index (κ2) is 8.37. The molecule has 0 saturated carbocycles. The first kappa shape index (κ1) is 20.7. The smallest absolute Gasteiger partial charge is 0.347 e. The maximum atomic E-state index is 12.8. The third-order valence-electron chi connectivity index (χ3n) is 4.60. The van der Waals surface area contributed by atoms with Gasteiger partial charge in [0.2, 0.25) is 10.0 Å². The van der Waals surface area contributed by atoms with E-state index in [-0.39, 0.29) is 17.5 Å². The van der Waals surface area contributed by atoms with Crippen molar-refractivity contribution in [1.82, 2.24) is 4.31 Å². The summed E-state index contributed by atoms with van der Waals surface area (Å²) in [5, 5.41) is 0. The summed E-state index contributed by atoms with van der Waals surface area (Å²) in [6.07, 6.45) is 0.177. The zero-order valence-electron chi connectivity index (χ0n) is 15.8. The normalized spacial score (nSPS) is 17.9. The second-order valence-corrected chi connectivity index (χ2v) is 8.90. The maximum Gasteiger partial charge on any atom is 0.347 e. The highest BCUT2D eigenvalue weighted by Gasteiger charge is 2.32. The molecule has 1 heterocycles. The van der Waals surface area contributed by atoms with E-state index >= 15 is 0 Å². The molecule has 0 fully saturated rings. The molecule has 1 aromatic rings. The van der Waals surface area contributed by atoms with Crippen LogP contribution in [0.2, 0.25) is 0 Å². The van der Waals surface area contributed by atoms with Crippen molar-refractivity contribution >= 4 is 16.0 Å². The van der Waals surface area contributed by atoms with Crippen LogP contribution in [-0.4, -0.2) is 51.0 Å². The molecule has 26 heavy (non-hydrogen) atoms. The number of carbonyl (C=O) groups excluding carboxylic acids is 1. The predicted molar refractivity (Wildman–Crippen MR) is 98.4 cm³/mol. The Bertz CT molecular complexity index is 748. The summed E-state index contributed by atoms with van der Waals surface area (Å²) in [5.74, 6) is 0.377. The Labute approximate surface area is 155 Å². The minimum Gasteiger partial charge on any atom is -0.478 e. The van der Waals surface area contributed by atoms with Crippen LogP contribution < -0.4 is 10.5 Å². The van der Waals surface area contributed by atoms with Crippen molar-refractivity contribution in [2.45, 2.75) is 50.7 Å². The molecule has 0 amide bonds. The SMILES string of the molecule is CCOC(=O)C1Cc2cc(S(=O)(=O)N(C)CCC(N)C(C)C)ccc2O1. The van der Waals surface area contributed by atoms with Gasteiger partial charge in [0.15, 0.2) is 6.10 Å². The lowest BCUT2D eigenvalue weighted by Gasteiger charge is -2.21. The van der Waals surface area contributed by atoms with Crippen LogP contribution in [0, 0.1) is 5.92 Å². The van der Waals surface area contributed by atoms with Crippen molar-refractivity contribution in [1.29, 1.82) is 0 Å². The first-order valence-corrected chi connectivity index (χ1v) is 10.3. The van der Waals surface area contributed by atoms with Gasteiger partial charge in [0.05, 0.1) is 11.5 Å². The maximum absolute atomic E-state index is 12.8. The fraction of sp³-hybridized carbons (Fsp3) is 0.611. The zero-order valence-corrected chi connectivity index (χ0v) is 16.6. The summed E-state index contributed by atoms with van der Waals surface area (Å²) in [4.78, 5) is 12.0. The minimum atomic E-state index is -3.62. The fourth-order valence-corrected chi connectivity index (χ4v) is 3.95. The van der Waals surface area contributed by atoms with E-state index in [1.807, 2.05) is 13.8 Å². The van der Waals surface area contributed by atoms with Crippen LogP contribution in [0.1, 0.15) is 32.8 Å². The predicted octanol–water partition coefficient (Wildman–Crippen LogP) is 1.55. The van der Waals surface area contributed by atoms with Gasteiger partial charge in [-0.1, -0.05) is 13.8 Å². The number of nitrogens with two attached hydrogens (primary N) is 1. The molecule has 2 rings (SSSR count). The van der Waals surface area contributed by atoms with Crippen LogP contribution in [-0.2, 0) is 26.0 Å². The van der Waals surface area contributed by atoms with Crippen molar-refractivity contribution < 1.29 is 22.7 Å². The van der Waals surface area contributed by atoms with Gasteiger partial charge in [0.25, 0.3) is 0 Å². The lowest BCUT2D eigenvalue weighted by molar-refractivity contribution is -0.150. The molecule has 7 nitrogen and oxygen atoms in total. The van der Waals surface area contributed by atoms with Crippen LogP contribution in [0.25, 0.3) is 0 Å². The second-order valence-electron chi connectivity index (χ2n) is 6.86. The van der Waals surface area contributed by atoms with Gasteiger partial charge >= 0.3 is 5.97 Å². The van der Waals surface area contributed by atoms with Crippen LogP contribution >= 0.6 is 0 Å². The number of hydrogen-bond donors (Lipinski definition) is 1. The molecule has 0 saturated heterocycles. The van der Waals surface area contributed by atoms with E-state index in [1.165, 1.54) is 10.4 Å². The number of fused-ring (bicyclic) bond motifs is 1. The van der Waals surface area contributed by atoms with Crippen molar-refractivity contribution in [2.24, 2.45) is 11.7 Å². The Hall–Kier alpha value is -1.64. The molecule has 0 spiro atoms. The highest BCUT2D eigenvalue weighted by Crippen LogP contribution is 2.32. The Kier molecular flexibility index (Phi) is 6.65. The van der Waals surface area contributed by atoms with E-state index < -0.39 is 22.1 Å². The molecule has 1 aromatic carbocycles. The van der Waals surface area contributed by atoms with Crippen molar-refractivity contribution in [3.05, 3.63) is 23.8 Å². The van der Waals surface area contributed by atoms with Crippen LogP contribution in [0.4, 0.5) is 0 Å². The van der Waals surface area contributed by atoms with Crippen LogP contribution in [0.15, 0.2) is 23.1 Å². The van der Waals surface area contributed by atoms with E-state index in [4.69, 9.17) is 15.2 Å². The third-order valence-corrected chi connectivity index (χ3v) is 6.45. The van der Waals surface area contributed by atoms with Crippen LogP contribution in [0.5, 0.6) is 5.75 Å². The molecule has 2 atom stereocenters. The minimum absolute atomic E-state index is 0.0496. The molecule has 2 N–H and O–H groups in total. The number of sulfonamides is 1. The molecule has 8 heteroatoms. The summed E-state index contributed by atoms with van der Waals surface area (Å²) < 4.78 is 37.4. The van der Waals surface area contributed by atoms with E-state index in [9.17, 15) is 13.2 Å². The quantitative estimate of drug-likeness (QED) is 0.683. The van der Waals surface area contributed by atoms with E-state index in [0.29, 0.717) is 36.6 Å². The third kappa shape index (κ3) is 4.55. The van der Waals surface area contributed by atoms with Crippen molar-refractivity contribution in [3.63, 3.8) is 0 Å². The summed E-state index contributed by atoms with van der Waals surface area (Å²) in [5.41, 5.74) is 6.70. The average molecular weight is 384 g/mol.